The van der Waals surface area contributed by atoms with Crippen LogP contribution >= 0.6 is 0 Å². The van der Waals surface area contributed by atoms with Gasteiger partial charge in [0.25, 0.3) is 0 Å². The molecule has 1 saturated heterocycles. The lowest BCUT2D eigenvalue weighted by Gasteiger charge is -2.28. The second-order valence-corrected chi connectivity index (χ2v) is 8.46. The summed E-state index contributed by atoms with van der Waals surface area (Å²) in [5.41, 5.74) is 12.0. The summed E-state index contributed by atoms with van der Waals surface area (Å²) in [5.74, 6) is -4.59. The predicted octanol–water partition coefficient (Wildman–Crippen LogP) is -2.44. The number of carboxylic acid groups (broad SMARTS) is 1. The fourth-order valence-electron chi connectivity index (χ4n) is 3.81. The Morgan fingerprint density at radius 3 is 2.31 bits per heavy atom. The monoisotopic (exact) mass is 493 g/mol. The second-order valence-electron chi connectivity index (χ2n) is 8.46. The maximum Gasteiger partial charge on any atom is 0.328 e. The van der Waals surface area contributed by atoms with Gasteiger partial charge in [0.15, 0.2) is 6.04 Å². The molecule has 1 aliphatic rings. The molecule has 1 aliphatic heterocycles. The van der Waals surface area contributed by atoms with Crippen LogP contribution in [-0.4, -0.2) is 86.6 Å². The topological polar surface area (TPSA) is 225 Å². The summed E-state index contributed by atoms with van der Waals surface area (Å²) in [4.78, 5) is 62.5. The van der Waals surface area contributed by atoms with Crippen LogP contribution in [0.15, 0.2) is 24.3 Å². The Morgan fingerprint density at radius 2 is 1.77 bits per heavy atom. The van der Waals surface area contributed by atoms with Crippen molar-refractivity contribution in [1.29, 1.82) is 0 Å². The van der Waals surface area contributed by atoms with Crippen molar-refractivity contribution < 1.29 is 39.3 Å². The zero-order valence-electron chi connectivity index (χ0n) is 19.2. The highest BCUT2D eigenvalue weighted by molar-refractivity contribution is 5.96. The summed E-state index contributed by atoms with van der Waals surface area (Å²) in [6.45, 7) is 1.42. The molecule has 1 heterocycles. The third-order valence-corrected chi connectivity index (χ3v) is 5.63. The van der Waals surface area contributed by atoms with Crippen molar-refractivity contribution in [1.82, 2.24) is 15.5 Å². The maximum absolute atomic E-state index is 13.0. The van der Waals surface area contributed by atoms with Gasteiger partial charge >= 0.3 is 5.97 Å². The summed E-state index contributed by atoms with van der Waals surface area (Å²) < 4.78 is 0. The minimum absolute atomic E-state index is 0.0719. The number of primary amides is 1. The number of likely N-dealkylation sites (tertiary alicyclic amines) is 1. The number of carboxylic acids is 1. The number of aliphatic carboxylic acids is 1. The third-order valence-electron chi connectivity index (χ3n) is 5.63. The minimum Gasteiger partial charge on any atom is -0.508 e. The number of carbonyl (C=O) groups is 5. The van der Waals surface area contributed by atoms with E-state index in [1.165, 1.54) is 17.0 Å². The summed E-state index contributed by atoms with van der Waals surface area (Å²) in [6, 6.07) is 1.09. The van der Waals surface area contributed by atoms with E-state index in [9.17, 15) is 34.2 Å². The van der Waals surface area contributed by atoms with Crippen molar-refractivity contribution in [3.05, 3.63) is 29.8 Å². The van der Waals surface area contributed by atoms with Gasteiger partial charge in [-0.05, 0) is 43.9 Å². The highest BCUT2D eigenvalue weighted by atomic mass is 16.4. The molecule has 0 bridgehead atoms. The molecule has 0 saturated carbocycles. The van der Waals surface area contributed by atoms with E-state index in [2.05, 4.69) is 10.6 Å². The Labute approximate surface area is 201 Å². The van der Waals surface area contributed by atoms with Gasteiger partial charge in [0.05, 0.1) is 18.6 Å². The first kappa shape index (κ1) is 27.5. The predicted molar refractivity (Wildman–Crippen MR) is 122 cm³/mol. The third kappa shape index (κ3) is 7.65. The number of hydrogen-bond donors (Lipinski definition) is 7. The Morgan fingerprint density at radius 1 is 1.14 bits per heavy atom. The number of aliphatic hydroxyl groups is 1. The van der Waals surface area contributed by atoms with Gasteiger partial charge in [0.1, 0.15) is 17.8 Å². The van der Waals surface area contributed by atoms with E-state index in [0.29, 0.717) is 18.4 Å². The molecule has 1 aromatic carbocycles. The Hall–Kier alpha value is -3.71. The van der Waals surface area contributed by atoms with Crippen LogP contribution in [0.2, 0.25) is 0 Å². The van der Waals surface area contributed by atoms with Gasteiger partial charge in [-0.3, -0.25) is 19.2 Å². The lowest BCUT2D eigenvalue weighted by molar-refractivity contribution is -0.145. The normalized spacial score (nSPS) is 18.7. The van der Waals surface area contributed by atoms with E-state index >= 15 is 0 Å². The molecule has 2 rings (SSSR count). The lowest BCUT2D eigenvalue weighted by Crippen LogP contribution is -2.58. The number of nitrogens with zero attached hydrogens (tertiary/aromatic N) is 1. The molecular formula is C22H31N5O8. The number of nitrogens with one attached hydrogen (secondary N) is 2. The Kier molecular flexibility index (Phi) is 9.54. The van der Waals surface area contributed by atoms with Gasteiger partial charge in [-0.15, -0.1) is 0 Å². The smallest absolute Gasteiger partial charge is 0.328 e. The summed E-state index contributed by atoms with van der Waals surface area (Å²) in [7, 11) is 0. The molecule has 0 aromatic heterocycles. The number of amides is 4. The molecule has 0 radical (unpaired) electrons. The van der Waals surface area contributed by atoms with E-state index in [-0.39, 0.29) is 18.7 Å². The molecule has 5 atom stereocenters. The van der Waals surface area contributed by atoms with Crippen LogP contribution in [0.5, 0.6) is 5.75 Å². The molecule has 5 unspecified atom stereocenters. The molecule has 13 heteroatoms. The van der Waals surface area contributed by atoms with E-state index < -0.39 is 66.3 Å². The lowest BCUT2D eigenvalue weighted by atomic mass is 10.0. The van der Waals surface area contributed by atoms with E-state index in [1.807, 2.05) is 0 Å². The first-order valence-corrected chi connectivity index (χ1v) is 11.0. The standard InChI is InChI=1S/C22H31N5O8/c1-11(28)18(22(34)35)26-19(31)15(10-17(24)30)25-20(32)16-3-2-8-27(16)21(33)14(23)9-12-4-6-13(29)7-5-12/h4-7,11,14-16,18,28-29H,2-3,8-10,23H2,1H3,(H2,24,30)(H,25,32)(H,26,31)(H,34,35). The SMILES string of the molecule is CC(O)C(NC(=O)C(CC(N)=O)NC(=O)C1CCCN1C(=O)C(N)Cc1ccc(O)cc1)C(=O)O. The van der Waals surface area contributed by atoms with Crippen LogP contribution in [-0.2, 0) is 30.4 Å². The summed E-state index contributed by atoms with van der Waals surface area (Å²) in [6.07, 6.45) is -1.10. The number of phenols is 1. The first-order chi connectivity index (χ1) is 16.4. The number of aromatic hydroxyl groups is 1. The molecule has 1 fully saturated rings. The molecule has 1 aromatic rings. The van der Waals surface area contributed by atoms with Gasteiger partial charge in [-0.1, -0.05) is 12.1 Å². The van der Waals surface area contributed by atoms with E-state index in [0.717, 1.165) is 6.92 Å². The molecule has 9 N–H and O–H groups in total. The van der Waals surface area contributed by atoms with Gasteiger partial charge < -0.3 is 42.3 Å². The van der Waals surface area contributed by atoms with Gasteiger partial charge in [-0.2, -0.15) is 0 Å². The van der Waals surface area contributed by atoms with Crippen LogP contribution < -0.4 is 22.1 Å². The maximum atomic E-state index is 13.0. The number of aliphatic hydroxyl groups excluding tert-OH is 1. The number of phenolic OH excluding ortho intramolecular Hbond substituents is 1. The molecule has 4 amide bonds. The zero-order chi connectivity index (χ0) is 26.3. The summed E-state index contributed by atoms with van der Waals surface area (Å²) >= 11 is 0. The van der Waals surface area contributed by atoms with Crippen molar-refractivity contribution in [2.75, 3.05) is 6.54 Å². The van der Waals surface area contributed by atoms with Gasteiger partial charge in [0.2, 0.25) is 23.6 Å². The molecule has 13 nitrogen and oxygen atoms in total. The van der Waals surface area contributed by atoms with Crippen molar-refractivity contribution in [2.45, 2.75) is 62.9 Å². The average Bonchev–Trinajstić information content (AvgIpc) is 3.27. The van der Waals surface area contributed by atoms with Crippen LogP contribution in [0, 0.1) is 0 Å². The molecule has 0 aliphatic carbocycles. The Balaban J connectivity index is 2.09. The number of carbonyl (C=O) groups excluding carboxylic acids is 4. The minimum atomic E-state index is -1.67. The first-order valence-electron chi connectivity index (χ1n) is 11.0. The quantitative estimate of drug-likeness (QED) is 0.174. The second kappa shape index (κ2) is 12.1. The number of nitrogens with two attached hydrogens (primary N) is 2. The fourth-order valence-corrected chi connectivity index (χ4v) is 3.81. The van der Waals surface area contributed by atoms with Crippen molar-refractivity contribution >= 4 is 29.6 Å². The van der Waals surface area contributed by atoms with E-state index in [1.54, 1.807) is 12.1 Å². The van der Waals surface area contributed by atoms with E-state index in [4.69, 9.17) is 16.6 Å². The highest BCUT2D eigenvalue weighted by Crippen LogP contribution is 2.20. The van der Waals surface area contributed by atoms with Crippen molar-refractivity contribution in [3.63, 3.8) is 0 Å². The number of rotatable bonds is 11. The van der Waals surface area contributed by atoms with Gasteiger partial charge in [-0.25, -0.2) is 4.79 Å². The fraction of sp³-hybridized carbons (Fsp3) is 0.500. The van der Waals surface area contributed by atoms with Crippen molar-refractivity contribution in [2.24, 2.45) is 11.5 Å². The Bertz CT molecular complexity index is 952. The van der Waals surface area contributed by atoms with Crippen LogP contribution in [0.25, 0.3) is 0 Å². The molecular weight excluding hydrogens is 462 g/mol. The molecule has 35 heavy (non-hydrogen) atoms. The largest absolute Gasteiger partial charge is 0.508 e. The van der Waals surface area contributed by atoms with Crippen LogP contribution in [0.1, 0.15) is 31.7 Å². The zero-order valence-corrected chi connectivity index (χ0v) is 19.2. The molecule has 192 valence electrons. The average molecular weight is 494 g/mol. The summed E-state index contributed by atoms with van der Waals surface area (Å²) in [5, 5.41) is 32.6. The van der Waals surface area contributed by atoms with Crippen LogP contribution in [0.4, 0.5) is 0 Å². The van der Waals surface area contributed by atoms with Gasteiger partial charge in [0, 0.05) is 6.54 Å². The van der Waals surface area contributed by atoms with Crippen LogP contribution in [0.3, 0.4) is 0 Å². The number of benzene rings is 1. The number of hydrogen-bond acceptors (Lipinski definition) is 8. The highest BCUT2D eigenvalue weighted by Gasteiger charge is 2.38. The molecule has 0 spiro atoms. The van der Waals surface area contributed by atoms with Crippen molar-refractivity contribution in [3.8, 4) is 5.75 Å².